The molecule has 0 radical (unpaired) electrons. The molecule has 5 heteroatoms. The number of hydrogen-bond acceptors (Lipinski definition) is 3. The highest BCUT2D eigenvalue weighted by Crippen LogP contribution is 2.14. The molecule has 0 saturated carbocycles. The van der Waals surface area contributed by atoms with Crippen LogP contribution in [0.25, 0.3) is 0 Å². The average molecular weight is 292 g/mol. The number of rotatable bonds is 3. The lowest BCUT2D eigenvalue weighted by Crippen LogP contribution is -2.15. The third kappa shape index (κ3) is 3.27. The van der Waals surface area contributed by atoms with Crippen molar-refractivity contribution in [2.45, 2.75) is 12.5 Å². The number of hydrogen-bond donors (Lipinski definition) is 2. The third-order valence-electron chi connectivity index (χ3n) is 1.55. The van der Waals surface area contributed by atoms with Gasteiger partial charge in [-0.15, -0.1) is 0 Å². The molecule has 0 aromatic carbocycles. The molecule has 1 heterocycles. The van der Waals surface area contributed by atoms with Gasteiger partial charge in [-0.1, -0.05) is 0 Å². The van der Waals surface area contributed by atoms with Crippen molar-refractivity contribution < 1.29 is 9.90 Å². The van der Waals surface area contributed by atoms with Gasteiger partial charge in [-0.3, -0.25) is 9.78 Å². The molecule has 13 heavy (non-hydrogen) atoms. The first-order valence-corrected chi connectivity index (χ1v) is 4.75. The first-order chi connectivity index (χ1) is 6.09. The summed E-state index contributed by atoms with van der Waals surface area (Å²) in [6.45, 7) is 0. The average Bonchev–Trinajstić information content (AvgIpc) is 2.03. The summed E-state index contributed by atoms with van der Waals surface area (Å²) >= 11 is 2.11. The SMILES string of the molecule is N[C@H](CC(=O)O)c1cncc(I)c1. The Hall–Kier alpha value is -0.690. The second-order valence-corrected chi connectivity index (χ2v) is 3.89. The molecule has 0 bridgehead atoms. The van der Waals surface area contributed by atoms with E-state index in [0.717, 1.165) is 9.13 Å². The fraction of sp³-hybridized carbons (Fsp3) is 0.250. The number of carboxylic acids is 1. The van der Waals surface area contributed by atoms with Crippen LogP contribution in [0.3, 0.4) is 0 Å². The molecule has 0 amide bonds. The van der Waals surface area contributed by atoms with E-state index in [4.69, 9.17) is 10.8 Å². The molecule has 0 unspecified atom stereocenters. The molecule has 1 rings (SSSR count). The van der Waals surface area contributed by atoms with Gasteiger partial charge in [-0.05, 0) is 34.2 Å². The molecule has 0 saturated heterocycles. The van der Waals surface area contributed by atoms with Crippen molar-refractivity contribution >= 4 is 28.6 Å². The van der Waals surface area contributed by atoms with Crippen LogP contribution < -0.4 is 5.73 Å². The first-order valence-electron chi connectivity index (χ1n) is 3.67. The van der Waals surface area contributed by atoms with E-state index >= 15 is 0 Å². The van der Waals surface area contributed by atoms with E-state index in [1.165, 1.54) is 0 Å². The van der Waals surface area contributed by atoms with Gasteiger partial charge >= 0.3 is 5.97 Å². The van der Waals surface area contributed by atoms with Gasteiger partial charge in [0.2, 0.25) is 0 Å². The summed E-state index contributed by atoms with van der Waals surface area (Å²) in [6.07, 6.45) is 3.22. The molecule has 1 aromatic heterocycles. The molecule has 0 fully saturated rings. The molecule has 4 nitrogen and oxygen atoms in total. The summed E-state index contributed by atoms with van der Waals surface area (Å²) in [5.41, 5.74) is 6.40. The largest absolute Gasteiger partial charge is 0.481 e. The number of aliphatic carboxylic acids is 1. The lowest BCUT2D eigenvalue weighted by atomic mass is 10.1. The number of carbonyl (C=O) groups is 1. The topological polar surface area (TPSA) is 76.2 Å². The Bertz CT molecular complexity index is 317. The van der Waals surface area contributed by atoms with Crippen molar-refractivity contribution in [3.8, 4) is 0 Å². The fourth-order valence-corrected chi connectivity index (χ4v) is 1.46. The van der Waals surface area contributed by atoms with E-state index in [2.05, 4.69) is 27.6 Å². The molecule has 0 aliphatic carbocycles. The van der Waals surface area contributed by atoms with Crippen molar-refractivity contribution in [2.24, 2.45) is 5.73 Å². The summed E-state index contributed by atoms with van der Waals surface area (Å²) in [5.74, 6) is -0.897. The van der Waals surface area contributed by atoms with Crippen LogP contribution in [0, 0.1) is 3.57 Å². The van der Waals surface area contributed by atoms with Crippen LogP contribution in [0.4, 0.5) is 0 Å². The molecule has 70 valence electrons. The van der Waals surface area contributed by atoms with E-state index in [1.807, 2.05) is 6.07 Å². The minimum atomic E-state index is -0.897. The Balaban J connectivity index is 2.76. The minimum Gasteiger partial charge on any atom is -0.481 e. The quantitative estimate of drug-likeness (QED) is 0.820. The van der Waals surface area contributed by atoms with E-state index in [-0.39, 0.29) is 6.42 Å². The van der Waals surface area contributed by atoms with Gasteiger partial charge in [0.05, 0.1) is 6.42 Å². The summed E-state index contributed by atoms with van der Waals surface area (Å²) in [5, 5.41) is 8.51. The van der Waals surface area contributed by atoms with Crippen molar-refractivity contribution in [2.75, 3.05) is 0 Å². The van der Waals surface area contributed by atoms with Crippen molar-refractivity contribution in [3.63, 3.8) is 0 Å². The highest BCUT2D eigenvalue weighted by Gasteiger charge is 2.10. The molecule has 1 aromatic rings. The predicted octanol–water partition coefficient (Wildman–Crippen LogP) is 1.16. The van der Waals surface area contributed by atoms with E-state index in [9.17, 15) is 4.79 Å². The molecular weight excluding hydrogens is 283 g/mol. The van der Waals surface area contributed by atoms with E-state index in [0.29, 0.717) is 0 Å². The number of halogens is 1. The summed E-state index contributed by atoms with van der Waals surface area (Å²) in [4.78, 5) is 14.3. The van der Waals surface area contributed by atoms with Crippen molar-refractivity contribution in [1.29, 1.82) is 0 Å². The van der Waals surface area contributed by atoms with Gasteiger partial charge < -0.3 is 10.8 Å². The highest BCUT2D eigenvalue weighted by molar-refractivity contribution is 14.1. The zero-order valence-electron chi connectivity index (χ0n) is 6.77. The molecule has 1 atom stereocenters. The zero-order valence-corrected chi connectivity index (χ0v) is 8.93. The Morgan fingerprint density at radius 1 is 1.69 bits per heavy atom. The molecule has 3 N–H and O–H groups in total. The lowest BCUT2D eigenvalue weighted by molar-refractivity contribution is -0.137. The first kappa shape index (κ1) is 10.4. The van der Waals surface area contributed by atoms with Crippen molar-refractivity contribution in [1.82, 2.24) is 4.98 Å². The van der Waals surface area contributed by atoms with Crippen LogP contribution in [0.5, 0.6) is 0 Å². The monoisotopic (exact) mass is 292 g/mol. The van der Waals surface area contributed by atoms with Crippen LogP contribution in [-0.4, -0.2) is 16.1 Å². The minimum absolute atomic E-state index is 0.0677. The van der Waals surface area contributed by atoms with E-state index < -0.39 is 12.0 Å². The van der Waals surface area contributed by atoms with Crippen LogP contribution >= 0.6 is 22.6 Å². The Morgan fingerprint density at radius 2 is 2.38 bits per heavy atom. The Labute approximate surface area is 89.3 Å². The zero-order chi connectivity index (χ0) is 9.84. The Kier molecular flexibility index (Phi) is 3.61. The normalized spacial score (nSPS) is 12.5. The van der Waals surface area contributed by atoms with Crippen LogP contribution in [0.1, 0.15) is 18.0 Å². The molecular formula is C8H9IN2O2. The third-order valence-corrected chi connectivity index (χ3v) is 2.14. The van der Waals surface area contributed by atoms with Crippen LogP contribution in [-0.2, 0) is 4.79 Å². The second kappa shape index (κ2) is 4.52. The van der Waals surface area contributed by atoms with Crippen LogP contribution in [0.2, 0.25) is 0 Å². The van der Waals surface area contributed by atoms with Gasteiger partial charge in [0.1, 0.15) is 0 Å². The highest BCUT2D eigenvalue weighted by atomic mass is 127. The number of aromatic nitrogens is 1. The maximum absolute atomic E-state index is 10.4. The summed E-state index contributed by atoms with van der Waals surface area (Å²) in [7, 11) is 0. The summed E-state index contributed by atoms with van der Waals surface area (Å²) < 4.78 is 0.955. The van der Waals surface area contributed by atoms with Crippen molar-refractivity contribution in [3.05, 3.63) is 27.6 Å². The van der Waals surface area contributed by atoms with Gasteiger partial charge in [-0.25, -0.2) is 0 Å². The maximum atomic E-state index is 10.4. The lowest BCUT2D eigenvalue weighted by Gasteiger charge is -2.08. The predicted molar refractivity (Wildman–Crippen MR) is 56.1 cm³/mol. The standard InChI is InChI=1S/C8H9IN2O2/c9-6-1-5(3-11-4-6)7(10)2-8(12)13/h1,3-4,7H,2,10H2,(H,12,13)/t7-/m1/s1. The molecule has 0 aliphatic heterocycles. The van der Waals surface area contributed by atoms with E-state index in [1.54, 1.807) is 12.4 Å². The fourth-order valence-electron chi connectivity index (χ4n) is 0.937. The van der Waals surface area contributed by atoms with Gasteiger partial charge in [0.15, 0.2) is 0 Å². The second-order valence-electron chi connectivity index (χ2n) is 2.64. The maximum Gasteiger partial charge on any atom is 0.305 e. The number of nitrogens with zero attached hydrogens (tertiary/aromatic N) is 1. The van der Waals surface area contributed by atoms with Crippen LogP contribution in [0.15, 0.2) is 18.5 Å². The summed E-state index contributed by atoms with van der Waals surface area (Å²) in [6, 6.07) is 1.36. The van der Waals surface area contributed by atoms with Gasteiger partial charge in [0.25, 0.3) is 0 Å². The van der Waals surface area contributed by atoms with Gasteiger partial charge in [0, 0.05) is 22.0 Å². The number of carboxylic acid groups (broad SMARTS) is 1. The number of pyridine rings is 1. The number of nitrogens with two attached hydrogens (primary N) is 1. The Morgan fingerprint density at radius 3 is 2.92 bits per heavy atom. The molecule has 0 aliphatic rings. The smallest absolute Gasteiger partial charge is 0.305 e. The van der Waals surface area contributed by atoms with Gasteiger partial charge in [-0.2, -0.15) is 0 Å². The molecule has 0 spiro atoms.